The second-order valence-corrected chi connectivity index (χ2v) is 9.83. The second-order valence-electron chi connectivity index (χ2n) is 7.74. The van der Waals surface area contributed by atoms with Gasteiger partial charge in [0, 0.05) is 6.61 Å². The summed E-state index contributed by atoms with van der Waals surface area (Å²) in [6.45, 7) is 1.48. The molecule has 1 fully saturated rings. The normalized spacial score (nSPS) is 25.0. The van der Waals surface area contributed by atoms with Gasteiger partial charge in [-0.1, -0.05) is 60.7 Å². The molecule has 2 N–H and O–H groups in total. The van der Waals surface area contributed by atoms with E-state index >= 15 is 0 Å². The van der Waals surface area contributed by atoms with Crippen LogP contribution < -0.4 is 0 Å². The molecule has 1 saturated heterocycles. The highest BCUT2D eigenvalue weighted by Gasteiger charge is 2.52. The molecule has 1 heterocycles. The predicted octanol–water partition coefficient (Wildman–Crippen LogP) is 1.93. The van der Waals surface area contributed by atoms with Crippen LogP contribution in [-0.2, 0) is 61.3 Å². The summed E-state index contributed by atoms with van der Waals surface area (Å²) in [4.78, 5) is 0. The summed E-state index contributed by atoms with van der Waals surface area (Å²) >= 11 is 0. The summed E-state index contributed by atoms with van der Waals surface area (Å²) in [5, 5.41) is 0. The number of ether oxygens (including phenoxy) is 4. The summed E-state index contributed by atoms with van der Waals surface area (Å²) in [6, 6.07) is 17.8. The first-order valence-electron chi connectivity index (χ1n) is 10.9. The lowest BCUT2D eigenvalue weighted by atomic mass is 9.99. The van der Waals surface area contributed by atoms with E-state index in [1.54, 1.807) is 61.5 Å². The lowest BCUT2D eigenvalue weighted by Crippen LogP contribution is -2.62. The molecular weight excluding hydrogens is 520 g/mol. The molecule has 0 aliphatic carbocycles. The zero-order chi connectivity index (χ0) is 26.2. The Bertz CT molecular complexity index is 1140. The fourth-order valence-corrected chi connectivity index (χ4v) is 4.64. The van der Waals surface area contributed by atoms with Gasteiger partial charge in [-0.2, -0.15) is 16.8 Å². The number of rotatable bonds is 13. The van der Waals surface area contributed by atoms with Crippen LogP contribution in [0.4, 0.5) is 0 Å². The molecule has 0 bridgehead atoms. The van der Waals surface area contributed by atoms with Gasteiger partial charge in [-0.25, -0.2) is 8.37 Å². The molecule has 1 aliphatic rings. The van der Waals surface area contributed by atoms with E-state index < -0.39 is 51.5 Å². The maximum absolute atomic E-state index is 11.7. The van der Waals surface area contributed by atoms with Crippen molar-refractivity contribution < 1.29 is 53.3 Å². The van der Waals surface area contributed by atoms with E-state index in [1.165, 1.54) is 0 Å². The molecule has 12 nitrogen and oxygen atoms in total. The van der Waals surface area contributed by atoms with E-state index in [0.29, 0.717) is 5.56 Å². The first-order valence-corrected chi connectivity index (χ1v) is 13.6. The Morgan fingerprint density at radius 2 is 1.28 bits per heavy atom. The highest BCUT2D eigenvalue weighted by atomic mass is 32.3. The van der Waals surface area contributed by atoms with E-state index in [9.17, 15) is 25.9 Å². The average Bonchev–Trinajstić information content (AvgIpc) is 2.81. The molecule has 200 valence electrons. The van der Waals surface area contributed by atoms with Crippen molar-refractivity contribution in [3.05, 3.63) is 71.8 Å². The Hall–Kier alpha value is -1.98. The van der Waals surface area contributed by atoms with Crippen molar-refractivity contribution in [1.29, 1.82) is 0 Å². The third-order valence-electron chi connectivity index (χ3n) is 5.07. The molecule has 36 heavy (non-hydrogen) atoms. The van der Waals surface area contributed by atoms with Gasteiger partial charge in [0.05, 0.1) is 19.8 Å². The van der Waals surface area contributed by atoms with Crippen molar-refractivity contribution in [1.82, 2.24) is 0 Å². The van der Waals surface area contributed by atoms with Crippen molar-refractivity contribution in [3.8, 4) is 0 Å². The fourth-order valence-electron chi connectivity index (χ4n) is 3.63. The summed E-state index contributed by atoms with van der Waals surface area (Å²) in [5.74, 6) is 0. The van der Waals surface area contributed by atoms with Crippen molar-refractivity contribution >= 4 is 20.8 Å². The van der Waals surface area contributed by atoms with Crippen LogP contribution in [0.2, 0.25) is 0 Å². The average molecular weight is 549 g/mol. The van der Waals surface area contributed by atoms with Crippen LogP contribution in [0.1, 0.15) is 18.1 Å². The molecule has 0 unspecified atom stereocenters. The zero-order valence-electron chi connectivity index (χ0n) is 19.3. The molecule has 1 aliphatic heterocycles. The topological polar surface area (TPSA) is 164 Å². The quantitative estimate of drug-likeness (QED) is 0.350. The van der Waals surface area contributed by atoms with Crippen LogP contribution in [0.3, 0.4) is 0 Å². The van der Waals surface area contributed by atoms with Crippen LogP contribution in [0.5, 0.6) is 0 Å². The van der Waals surface area contributed by atoms with Crippen LogP contribution in [0.15, 0.2) is 60.7 Å². The minimum absolute atomic E-state index is 0.0719. The Morgan fingerprint density at radius 1 is 0.750 bits per heavy atom. The van der Waals surface area contributed by atoms with E-state index in [-0.39, 0.29) is 26.4 Å². The van der Waals surface area contributed by atoms with Crippen molar-refractivity contribution in [2.24, 2.45) is 0 Å². The molecular formula is C22H28O12S2. The first-order chi connectivity index (χ1) is 17.1. The highest BCUT2D eigenvalue weighted by molar-refractivity contribution is 7.81. The zero-order valence-corrected chi connectivity index (χ0v) is 20.9. The van der Waals surface area contributed by atoms with E-state index in [1.807, 2.05) is 6.07 Å². The Morgan fingerprint density at radius 3 is 1.81 bits per heavy atom. The van der Waals surface area contributed by atoms with Gasteiger partial charge in [-0.15, -0.1) is 0 Å². The molecule has 5 atom stereocenters. The molecule has 2 aromatic rings. The minimum Gasteiger partial charge on any atom is -0.374 e. The van der Waals surface area contributed by atoms with Crippen LogP contribution in [0.25, 0.3) is 0 Å². The molecule has 0 spiro atoms. The Labute approximate surface area is 209 Å². The monoisotopic (exact) mass is 548 g/mol. The first kappa shape index (κ1) is 28.6. The van der Waals surface area contributed by atoms with Gasteiger partial charge in [0.15, 0.2) is 6.29 Å². The fraction of sp³-hybridized carbons (Fsp3) is 0.455. The van der Waals surface area contributed by atoms with Crippen molar-refractivity contribution in [2.75, 3.05) is 13.2 Å². The van der Waals surface area contributed by atoms with Crippen LogP contribution in [-0.4, -0.2) is 69.9 Å². The maximum Gasteiger partial charge on any atom is 0.397 e. The largest absolute Gasteiger partial charge is 0.397 e. The number of hydrogen-bond acceptors (Lipinski definition) is 10. The summed E-state index contributed by atoms with van der Waals surface area (Å²) in [7, 11) is -10.3. The number of benzene rings is 2. The van der Waals surface area contributed by atoms with Crippen LogP contribution in [0, 0.1) is 0 Å². The Kier molecular flexibility index (Phi) is 10.3. The van der Waals surface area contributed by atoms with E-state index in [2.05, 4.69) is 0 Å². The van der Waals surface area contributed by atoms with Gasteiger partial charge in [0.2, 0.25) is 0 Å². The molecule has 0 aromatic heterocycles. The highest BCUT2D eigenvalue weighted by Crippen LogP contribution is 2.31. The van der Waals surface area contributed by atoms with Crippen molar-refractivity contribution in [2.45, 2.75) is 50.8 Å². The third-order valence-corrected chi connectivity index (χ3v) is 6.00. The standard InChI is InChI=1S/C22H28O12S2/c1-2-30-22-21(31-14-17-11-7-4-8-12-17)20(34-36(26,27)28)19(33-35(23,24)25)18(32-22)15-29-13-16-9-5-3-6-10-16/h3-12,18-22H,2,13-15H2,1H3,(H,23,24,25)(H,26,27,28)/t18-,19+,20+,21-,22-/m1/s1. The number of hydrogen-bond donors (Lipinski definition) is 2. The lowest BCUT2D eigenvalue weighted by Gasteiger charge is -2.44. The second kappa shape index (κ2) is 13.0. The van der Waals surface area contributed by atoms with E-state index in [4.69, 9.17) is 27.3 Å². The molecule has 3 rings (SSSR count). The molecule has 0 radical (unpaired) electrons. The van der Waals surface area contributed by atoms with Gasteiger partial charge < -0.3 is 18.9 Å². The summed E-state index contributed by atoms with van der Waals surface area (Å²) in [6.07, 6.45) is -7.58. The smallest absolute Gasteiger partial charge is 0.374 e. The SMILES string of the molecule is CCO[C@@H]1O[C@H](COCc2ccccc2)[C@H](OS(=O)(=O)O)[C@H](OS(=O)(=O)O)[C@H]1OCc1ccccc1. The summed E-state index contributed by atoms with van der Waals surface area (Å²) in [5.41, 5.74) is 1.50. The van der Waals surface area contributed by atoms with Crippen LogP contribution >= 0.6 is 0 Å². The van der Waals surface area contributed by atoms with E-state index in [0.717, 1.165) is 5.56 Å². The molecule has 0 saturated carbocycles. The molecule has 2 aromatic carbocycles. The predicted molar refractivity (Wildman–Crippen MR) is 124 cm³/mol. The maximum atomic E-state index is 11.7. The van der Waals surface area contributed by atoms with Gasteiger partial charge in [-0.3, -0.25) is 9.11 Å². The van der Waals surface area contributed by atoms with Crippen molar-refractivity contribution in [3.63, 3.8) is 0 Å². The molecule has 0 amide bonds. The van der Waals surface area contributed by atoms with Gasteiger partial charge >= 0.3 is 20.8 Å². The third kappa shape index (κ3) is 9.15. The molecule has 14 heteroatoms. The van der Waals surface area contributed by atoms with Gasteiger partial charge in [-0.05, 0) is 18.1 Å². The minimum atomic E-state index is -5.14. The van der Waals surface area contributed by atoms with Gasteiger partial charge in [0.25, 0.3) is 0 Å². The summed E-state index contributed by atoms with van der Waals surface area (Å²) < 4.78 is 97.9. The Balaban J connectivity index is 1.89. The van der Waals surface area contributed by atoms with Gasteiger partial charge in [0.1, 0.15) is 24.4 Å². The lowest BCUT2D eigenvalue weighted by molar-refractivity contribution is -0.305.